The fraction of sp³-hybridized carbons (Fsp3) is 0.0435. The van der Waals surface area contributed by atoms with Crippen LogP contribution in [0.5, 0.6) is 0 Å². The minimum atomic E-state index is -0.496. The Kier molecular flexibility index (Phi) is 5.80. The summed E-state index contributed by atoms with van der Waals surface area (Å²) in [5.74, 6) is 0.959. The zero-order chi connectivity index (χ0) is 23.1. The Morgan fingerprint density at radius 3 is 2.42 bits per heavy atom. The second-order valence-electron chi connectivity index (χ2n) is 7.12. The van der Waals surface area contributed by atoms with Gasteiger partial charge in [0.15, 0.2) is 0 Å². The van der Waals surface area contributed by atoms with Crippen molar-refractivity contribution in [3.63, 3.8) is 0 Å². The molecule has 164 valence electrons. The summed E-state index contributed by atoms with van der Waals surface area (Å²) in [6, 6.07) is 15.6. The predicted octanol–water partition coefficient (Wildman–Crippen LogP) is 4.87. The molecule has 10 heteroatoms. The number of aromatic nitrogens is 3. The van der Waals surface area contributed by atoms with Gasteiger partial charge in [-0.1, -0.05) is 58.3 Å². The van der Waals surface area contributed by atoms with Crippen LogP contribution in [-0.2, 0) is 6.42 Å². The highest BCUT2D eigenvalue weighted by Crippen LogP contribution is 2.31. The smallest absolute Gasteiger partial charge is 0.283 e. The summed E-state index contributed by atoms with van der Waals surface area (Å²) >= 11 is 19.2. The van der Waals surface area contributed by atoms with Gasteiger partial charge in [0.25, 0.3) is 11.1 Å². The molecule has 33 heavy (non-hydrogen) atoms. The van der Waals surface area contributed by atoms with Gasteiger partial charge >= 0.3 is 0 Å². The number of hydrogen-bond donors (Lipinski definition) is 0. The van der Waals surface area contributed by atoms with Gasteiger partial charge in [-0.25, -0.2) is 4.40 Å². The lowest BCUT2D eigenvalue weighted by Gasteiger charge is -2.00. The molecular formula is C23H12Cl3N3O3S. The molecule has 0 N–H and O–H groups in total. The van der Waals surface area contributed by atoms with E-state index in [2.05, 4.69) is 10.2 Å². The molecule has 5 rings (SSSR count). The van der Waals surface area contributed by atoms with Crippen molar-refractivity contribution in [1.82, 2.24) is 14.6 Å². The molecule has 6 nitrogen and oxygen atoms in total. The van der Waals surface area contributed by atoms with E-state index in [0.717, 1.165) is 21.3 Å². The van der Waals surface area contributed by atoms with Crippen molar-refractivity contribution < 1.29 is 4.42 Å². The molecule has 0 aliphatic rings. The lowest BCUT2D eigenvalue weighted by atomic mass is 10.1. The normalized spacial score (nSPS) is 12.0. The van der Waals surface area contributed by atoms with E-state index in [0.29, 0.717) is 36.7 Å². The van der Waals surface area contributed by atoms with Gasteiger partial charge in [0.05, 0.1) is 5.02 Å². The van der Waals surface area contributed by atoms with Crippen LogP contribution in [0.15, 0.2) is 68.6 Å². The average molecular weight is 517 g/mol. The number of thiazole rings is 1. The highest BCUT2D eigenvalue weighted by Gasteiger charge is 2.14. The van der Waals surface area contributed by atoms with Crippen LogP contribution in [0.1, 0.15) is 17.0 Å². The molecule has 0 fully saturated rings. The monoisotopic (exact) mass is 515 g/mol. The summed E-state index contributed by atoms with van der Waals surface area (Å²) in [4.78, 5) is 26.1. The van der Waals surface area contributed by atoms with Gasteiger partial charge in [-0.3, -0.25) is 9.59 Å². The number of benzene rings is 2. The van der Waals surface area contributed by atoms with Gasteiger partial charge < -0.3 is 4.42 Å². The second kappa shape index (κ2) is 8.76. The van der Waals surface area contributed by atoms with Gasteiger partial charge in [0.1, 0.15) is 21.7 Å². The third-order valence-corrected chi connectivity index (χ3v) is 6.65. The standard InChI is InChI=1S/C23H12Cl3N3O3S/c24-13-3-1-12(2-4-13)9-18-21(30)29-22(31)20(33-23(29)28-27-18)11-15-6-8-19(32-15)16-7-5-14(25)10-17(16)26/h1-8,10-11H,9H2/b20-11-. The maximum atomic E-state index is 13.0. The Morgan fingerprint density at radius 1 is 0.909 bits per heavy atom. The first-order valence-corrected chi connectivity index (χ1v) is 11.6. The van der Waals surface area contributed by atoms with Crippen LogP contribution in [0.25, 0.3) is 22.4 Å². The third kappa shape index (κ3) is 4.32. The number of fused-ring (bicyclic) bond motifs is 1. The summed E-state index contributed by atoms with van der Waals surface area (Å²) in [5, 5.41) is 9.68. The van der Waals surface area contributed by atoms with Crippen LogP contribution in [0.4, 0.5) is 0 Å². The van der Waals surface area contributed by atoms with Crippen molar-refractivity contribution >= 4 is 57.2 Å². The Morgan fingerprint density at radius 2 is 1.67 bits per heavy atom. The molecule has 0 radical (unpaired) electrons. The number of furan rings is 1. The molecule has 3 aromatic heterocycles. The maximum Gasteiger partial charge on any atom is 0.283 e. The molecule has 0 spiro atoms. The molecule has 0 bridgehead atoms. The molecule has 0 atom stereocenters. The van der Waals surface area contributed by atoms with Gasteiger partial charge in [-0.15, -0.1) is 10.2 Å². The van der Waals surface area contributed by atoms with E-state index in [-0.39, 0.29) is 17.1 Å². The van der Waals surface area contributed by atoms with E-state index in [1.807, 2.05) is 0 Å². The van der Waals surface area contributed by atoms with Gasteiger partial charge in [0, 0.05) is 28.1 Å². The summed E-state index contributed by atoms with van der Waals surface area (Å²) in [5.41, 5.74) is 0.713. The summed E-state index contributed by atoms with van der Waals surface area (Å²) in [7, 11) is 0. The molecule has 3 heterocycles. The van der Waals surface area contributed by atoms with E-state index in [4.69, 9.17) is 39.2 Å². The lowest BCUT2D eigenvalue weighted by molar-refractivity contribution is 0.571. The quantitative estimate of drug-likeness (QED) is 0.341. The van der Waals surface area contributed by atoms with E-state index in [1.54, 1.807) is 60.7 Å². The number of rotatable bonds is 4. The first-order chi connectivity index (χ1) is 15.9. The second-order valence-corrected chi connectivity index (χ2v) is 9.40. The highest BCUT2D eigenvalue weighted by atomic mass is 35.5. The van der Waals surface area contributed by atoms with Crippen LogP contribution < -0.4 is 15.7 Å². The van der Waals surface area contributed by atoms with Gasteiger partial charge in [-0.2, -0.15) is 0 Å². The van der Waals surface area contributed by atoms with Crippen LogP contribution in [0.3, 0.4) is 0 Å². The third-order valence-electron chi connectivity index (χ3n) is 4.89. The van der Waals surface area contributed by atoms with Crippen molar-refractivity contribution in [2.75, 3.05) is 0 Å². The topological polar surface area (TPSA) is 77.5 Å². The zero-order valence-corrected chi connectivity index (χ0v) is 19.7. The Balaban J connectivity index is 1.53. The van der Waals surface area contributed by atoms with Crippen molar-refractivity contribution in [3.05, 3.63) is 112 Å². The van der Waals surface area contributed by atoms with E-state index in [9.17, 15) is 9.59 Å². The summed E-state index contributed by atoms with van der Waals surface area (Å²) in [6.07, 6.45) is 1.80. The minimum Gasteiger partial charge on any atom is -0.457 e. The largest absolute Gasteiger partial charge is 0.457 e. The van der Waals surface area contributed by atoms with Crippen LogP contribution >= 0.6 is 46.1 Å². The van der Waals surface area contributed by atoms with Crippen molar-refractivity contribution in [3.8, 4) is 11.3 Å². The Hall–Kier alpha value is -2.97. The van der Waals surface area contributed by atoms with Crippen LogP contribution in [-0.4, -0.2) is 14.6 Å². The fourth-order valence-corrected chi connectivity index (χ4v) is 4.81. The molecule has 0 unspecified atom stereocenters. The van der Waals surface area contributed by atoms with Crippen molar-refractivity contribution in [1.29, 1.82) is 0 Å². The predicted molar refractivity (Wildman–Crippen MR) is 131 cm³/mol. The molecule has 0 saturated heterocycles. The fourth-order valence-electron chi connectivity index (χ4n) is 3.30. The first kappa shape index (κ1) is 21.9. The summed E-state index contributed by atoms with van der Waals surface area (Å²) < 4.78 is 7.17. The molecule has 0 saturated carbocycles. The average Bonchev–Trinajstić information content (AvgIpc) is 3.37. The van der Waals surface area contributed by atoms with Crippen LogP contribution in [0, 0.1) is 0 Å². The molecule has 2 aromatic carbocycles. The van der Waals surface area contributed by atoms with E-state index < -0.39 is 11.1 Å². The van der Waals surface area contributed by atoms with Gasteiger partial charge in [0.2, 0.25) is 4.96 Å². The SMILES string of the molecule is O=c1c(Cc2ccc(Cl)cc2)nnc2s/c(=C\c3ccc(-c4ccc(Cl)cc4Cl)o3)c(=O)n12. The number of hydrogen-bond acceptors (Lipinski definition) is 6. The van der Waals surface area contributed by atoms with Crippen LogP contribution in [0.2, 0.25) is 15.1 Å². The lowest BCUT2D eigenvalue weighted by Crippen LogP contribution is -2.33. The number of nitrogens with zero attached hydrogens (tertiary/aromatic N) is 3. The minimum absolute atomic E-state index is 0.175. The van der Waals surface area contributed by atoms with Gasteiger partial charge in [-0.05, 0) is 48.0 Å². The first-order valence-electron chi connectivity index (χ1n) is 9.61. The molecular weight excluding hydrogens is 505 g/mol. The van der Waals surface area contributed by atoms with E-state index in [1.165, 1.54) is 0 Å². The molecule has 0 aliphatic heterocycles. The van der Waals surface area contributed by atoms with Crippen molar-refractivity contribution in [2.45, 2.75) is 6.42 Å². The molecule has 0 amide bonds. The zero-order valence-electron chi connectivity index (χ0n) is 16.6. The summed E-state index contributed by atoms with van der Waals surface area (Å²) in [6.45, 7) is 0. The Labute approximate surface area is 205 Å². The number of halogens is 3. The Bertz CT molecular complexity index is 1670. The van der Waals surface area contributed by atoms with E-state index >= 15 is 0 Å². The molecule has 0 aliphatic carbocycles. The molecule has 5 aromatic rings. The van der Waals surface area contributed by atoms with Crippen molar-refractivity contribution in [2.24, 2.45) is 0 Å². The highest BCUT2D eigenvalue weighted by molar-refractivity contribution is 7.15. The maximum absolute atomic E-state index is 13.0.